The molecule has 2 aromatic rings. The first kappa shape index (κ1) is 25.0. The van der Waals surface area contributed by atoms with Gasteiger partial charge in [-0.25, -0.2) is 8.78 Å². The molecule has 1 saturated heterocycles. The van der Waals surface area contributed by atoms with Crippen LogP contribution in [0.1, 0.15) is 50.7 Å². The van der Waals surface area contributed by atoms with Crippen molar-refractivity contribution in [2.24, 2.45) is 5.92 Å². The standard InChI is InChI=1S/C26H29F2NO3S/c1-4-32-26(31)19-8-7-15-29(16-19)23(30)14-12-18-11-13-22(25(28)24(18)27)33-21-10-6-5-9-20(21)17(2)3/h5-6,9-14,17,19H,4,7-8,15-16H2,1-3H3/b14-12+. The van der Waals surface area contributed by atoms with E-state index in [2.05, 4.69) is 13.8 Å². The Kier molecular flexibility index (Phi) is 8.67. The molecule has 0 spiro atoms. The molecular weight excluding hydrogens is 444 g/mol. The summed E-state index contributed by atoms with van der Waals surface area (Å²) in [6, 6.07) is 10.7. The third-order valence-corrected chi connectivity index (χ3v) is 6.72. The average molecular weight is 474 g/mol. The van der Waals surface area contributed by atoms with Gasteiger partial charge in [0.05, 0.1) is 17.4 Å². The molecule has 3 rings (SSSR count). The van der Waals surface area contributed by atoms with Gasteiger partial charge in [0.25, 0.3) is 0 Å². The Morgan fingerprint density at radius 1 is 1.15 bits per heavy atom. The van der Waals surface area contributed by atoms with E-state index >= 15 is 0 Å². The van der Waals surface area contributed by atoms with Crippen LogP contribution in [0.3, 0.4) is 0 Å². The molecule has 0 radical (unpaired) electrons. The molecule has 4 nitrogen and oxygen atoms in total. The van der Waals surface area contributed by atoms with Crippen molar-refractivity contribution in [2.75, 3.05) is 19.7 Å². The lowest BCUT2D eigenvalue weighted by atomic mass is 9.98. The summed E-state index contributed by atoms with van der Waals surface area (Å²) >= 11 is 1.19. The summed E-state index contributed by atoms with van der Waals surface area (Å²) in [7, 11) is 0. The number of piperidine rings is 1. The number of carbonyl (C=O) groups excluding carboxylic acids is 2. The maximum absolute atomic E-state index is 14.8. The summed E-state index contributed by atoms with van der Waals surface area (Å²) in [6.45, 7) is 6.93. The molecule has 0 bridgehead atoms. The fourth-order valence-electron chi connectivity index (χ4n) is 3.82. The Labute approximate surface area is 198 Å². The van der Waals surface area contributed by atoms with Gasteiger partial charge in [0, 0.05) is 29.6 Å². The van der Waals surface area contributed by atoms with E-state index < -0.39 is 11.6 Å². The Bertz CT molecular complexity index is 1040. The molecule has 1 aliphatic rings. The highest BCUT2D eigenvalue weighted by Crippen LogP contribution is 2.36. The molecule has 0 aliphatic carbocycles. The Morgan fingerprint density at radius 2 is 1.91 bits per heavy atom. The highest BCUT2D eigenvalue weighted by atomic mass is 32.2. The number of benzene rings is 2. The second-order valence-corrected chi connectivity index (χ2v) is 9.37. The van der Waals surface area contributed by atoms with Gasteiger partial charge in [-0.15, -0.1) is 0 Å². The Balaban J connectivity index is 1.71. The van der Waals surface area contributed by atoms with Crippen LogP contribution in [-0.2, 0) is 14.3 Å². The average Bonchev–Trinajstić information content (AvgIpc) is 2.81. The Morgan fingerprint density at radius 3 is 2.64 bits per heavy atom. The Hall–Kier alpha value is -2.67. The van der Waals surface area contributed by atoms with E-state index in [0.717, 1.165) is 10.5 Å². The number of ether oxygens (including phenoxy) is 1. The SMILES string of the molecule is CCOC(=O)C1CCCN(C(=O)/C=C/c2ccc(Sc3ccccc3C(C)C)c(F)c2F)C1. The first-order chi connectivity index (χ1) is 15.8. The van der Waals surface area contributed by atoms with Crippen molar-refractivity contribution in [1.29, 1.82) is 0 Å². The number of esters is 1. The fourth-order valence-corrected chi connectivity index (χ4v) is 4.94. The number of rotatable bonds is 7. The molecule has 1 heterocycles. The molecule has 1 amide bonds. The molecule has 7 heteroatoms. The maximum Gasteiger partial charge on any atom is 0.310 e. The van der Waals surface area contributed by atoms with Gasteiger partial charge in [-0.05, 0) is 49.5 Å². The lowest BCUT2D eigenvalue weighted by Gasteiger charge is -2.30. The van der Waals surface area contributed by atoms with Crippen molar-refractivity contribution >= 4 is 29.7 Å². The van der Waals surface area contributed by atoms with Crippen molar-refractivity contribution in [3.8, 4) is 0 Å². The number of hydrogen-bond acceptors (Lipinski definition) is 4. The van der Waals surface area contributed by atoms with Gasteiger partial charge < -0.3 is 9.64 Å². The van der Waals surface area contributed by atoms with E-state index in [-0.39, 0.29) is 40.7 Å². The van der Waals surface area contributed by atoms with Crippen LogP contribution >= 0.6 is 11.8 Å². The molecule has 2 aromatic carbocycles. The molecule has 0 aromatic heterocycles. The zero-order chi connectivity index (χ0) is 24.0. The number of carbonyl (C=O) groups is 2. The topological polar surface area (TPSA) is 46.6 Å². The van der Waals surface area contributed by atoms with Gasteiger partial charge in [0.1, 0.15) is 0 Å². The van der Waals surface area contributed by atoms with E-state index in [0.29, 0.717) is 26.0 Å². The van der Waals surface area contributed by atoms with Crippen molar-refractivity contribution < 1.29 is 23.1 Å². The molecule has 1 unspecified atom stereocenters. The van der Waals surface area contributed by atoms with Gasteiger partial charge in [-0.2, -0.15) is 0 Å². The molecule has 176 valence electrons. The lowest BCUT2D eigenvalue weighted by Crippen LogP contribution is -2.42. The van der Waals surface area contributed by atoms with E-state index in [1.807, 2.05) is 24.3 Å². The highest BCUT2D eigenvalue weighted by Gasteiger charge is 2.28. The third kappa shape index (κ3) is 6.22. The molecule has 33 heavy (non-hydrogen) atoms. The van der Waals surface area contributed by atoms with Gasteiger partial charge in [0.15, 0.2) is 11.6 Å². The number of likely N-dealkylation sites (tertiary alicyclic amines) is 1. The minimum atomic E-state index is -0.992. The maximum atomic E-state index is 14.8. The summed E-state index contributed by atoms with van der Waals surface area (Å²) in [4.78, 5) is 27.2. The van der Waals surface area contributed by atoms with Gasteiger partial charge in [0.2, 0.25) is 5.91 Å². The summed E-state index contributed by atoms with van der Waals surface area (Å²) in [5.74, 6) is -2.67. The van der Waals surface area contributed by atoms with E-state index in [1.54, 1.807) is 11.8 Å². The second kappa shape index (κ2) is 11.5. The molecule has 1 aliphatic heterocycles. The van der Waals surface area contributed by atoms with Crippen LogP contribution in [0.5, 0.6) is 0 Å². The molecular formula is C26H29F2NO3S. The normalized spacial score (nSPS) is 16.4. The largest absolute Gasteiger partial charge is 0.466 e. The van der Waals surface area contributed by atoms with Crippen LogP contribution in [0.25, 0.3) is 6.08 Å². The molecule has 1 atom stereocenters. The van der Waals surface area contributed by atoms with Crippen molar-refractivity contribution in [2.45, 2.75) is 49.3 Å². The van der Waals surface area contributed by atoms with Crippen LogP contribution in [0, 0.1) is 17.6 Å². The first-order valence-corrected chi connectivity index (χ1v) is 12.0. The summed E-state index contributed by atoms with van der Waals surface area (Å²) in [5, 5.41) is 0. The lowest BCUT2D eigenvalue weighted by molar-refractivity contribution is -0.150. The minimum absolute atomic E-state index is 0.00120. The van der Waals surface area contributed by atoms with Crippen LogP contribution in [0.4, 0.5) is 8.78 Å². The summed E-state index contributed by atoms with van der Waals surface area (Å²) < 4.78 is 34.6. The van der Waals surface area contributed by atoms with Crippen molar-refractivity contribution in [3.05, 3.63) is 65.2 Å². The van der Waals surface area contributed by atoms with Crippen LogP contribution in [0.15, 0.2) is 52.3 Å². The van der Waals surface area contributed by atoms with Crippen LogP contribution < -0.4 is 0 Å². The van der Waals surface area contributed by atoms with Crippen LogP contribution in [-0.4, -0.2) is 36.5 Å². The number of halogens is 2. The monoisotopic (exact) mass is 473 g/mol. The van der Waals surface area contributed by atoms with Gasteiger partial charge in [-0.1, -0.05) is 49.9 Å². The first-order valence-electron chi connectivity index (χ1n) is 11.2. The number of nitrogens with zero attached hydrogens (tertiary/aromatic N) is 1. The number of hydrogen-bond donors (Lipinski definition) is 0. The third-order valence-electron chi connectivity index (χ3n) is 5.60. The molecule has 1 fully saturated rings. The number of amides is 1. The van der Waals surface area contributed by atoms with E-state index in [4.69, 9.17) is 4.74 Å². The summed E-state index contributed by atoms with van der Waals surface area (Å²) in [5.41, 5.74) is 1.07. The van der Waals surface area contributed by atoms with Gasteiger partial charge in [-0.3, -0.25) is 9.59 Å². The summed E-state index contributed by atoms with van der Waals surface area (Å²) in [6.07, 6.45) is 3.87. The minimum Gasteiger partial charge on any atom is -0.466 e. The van der Waals surface area contributed by atoms with Crippen molar-refractivity contribution in [1.82, 2.24) is 4.90 Å². The fraction of sp³-hybridized carbons (Fsp3) is 0.385. The molecule has 0 N–H and O–H groups in total. The predicted octanol–water partition coefficient (Wildman–Crippen LogP) is 6.05. The van der Waals surface area contributed by atoms with E-state index in [9.17, 15) is 18.4 Å². The highest BCUT2D eigenvalue weighted by molar-refractivity contribution is 7.99. The quantitative estimate of drug-likeness (QED) is 0.363. The van der Waals surface area contributed by atoms with Gasteiger partial charge >= 0.3 is 5.97 Å². The van der Waals surface area contributed by atoms with E-state index in [1.165, 1.54) is 36.0 Å². The predicted molar refractivity (Wildman–Crippen MR) is 126 cm³/mol. The van der Waals surface area contributed by atoms with Crippen molar-refractivity contribution in [3.63, 3.8) is 0 Å². The van der Waals surface area contributed by atoms with Crippen LogP contribution in [0.2, 0.25) is 0 Å². The molecule has 0 saturated carbocycles. The smallest absolute Gasteiger partial charge is 0.310 e. The zero-order valence-corrected chi connectivity index (χ0v) is 20.0. The zero-order valence-electron chi connectivity index (χ0n) is 19.1. The second-order valence-electron chi connectivity index (χ2n) is 8.28.